The molecule has 0 radical (unpaired) electrons. The van der Waals surface area contributed by atoms with Crippen LogP contribution in [-0.2, 0) is 11.3 Å². The zero-order valence-electron chi connectivity index (χ0n) is 11.8. The van der Waals surface area contributed by atoms with Crippen LogP contribution in [0.25, 0.3) is 0 Å². The van der Waals surface area contributed by atoms with E-state index in [1.54, 1.807) is 12.1 Å². The first-order valence-electron chi connectivity index (χ1n) is 6.21. The van der Waals surface area contributed by atoms with Crippen molar-refractivity contribution in [2.24, 2.45) is 5.41 Å². The molecule has 0 bridgehead atoms. The summed E-state index contributed by atoms with van der Waals surface area (Å²) in [5, 5.41) is 24.4. The molecular formula is C13H17N3O5. The Hall–Kier alpha value is -2.64. The van der Waals surface area contributed by atoms with Crippen LogP contribution in [0.5, 0.6) is 0 Å². The van der Waals surface area contributed by atoms with Crippen LogP contribution in [0.4, 0.5) is 10.5 Å². The molecule has 1 aromatic rings. The van der Waals surface area contributed by atoms with Crippen LogP contribution in [0.2, 0.25) is 0 Å². The number of carbonyl (C=O) groups excluding carboxylic acids is 1. The van der Waals surface area contributed by atoms with Crippen LogP contribution in [0.3, 0.4) is 0 Å². The van der Waals surface area contributed by atoms with E-state index in [1.807, 2.05) is 0 Å². The lowest BCUT2D eigenvalue weighted by Gasteiger charge is -2.19. The summed E-state index contributed by atoms with van der Waals surface area (Å²) in [4.78, 5) is 32.4. The molecule has 0 aliphatic carbocycles. The number of urea groups is 1. The van der Waals surface area contributed by atoms with Crippen molar-refractivity contribution in [2.45, 2.75) is 20.4 Å². The molecule has 2 amide bonds. The van der Waals surface area contributed by atoms with Crippen molar-refractivity contribution >= 4 is 17.7 Å². The summed E-state index contributed by atoms with van der Waals surface area (Å²) in [6.07, 6.45) is 0. The highest BCUT2D eigenvalue weighted by molar-refractivity contribution is 5.77. The van der Waals surface area contributed by atoms with Gasteiger partial charge in [-0.1, -0.05) is 12.1 Å². The largest absolute Gasteiger partial charge is 0.481 e. The first-order valence-corrected chi connectivity index (χ1v) is 6.21. The van der Waals surface area contributed by atoms with Crippen LogP contribution >= 0.6 is 0 Å². The summed E-state index contributed by atoms with van der Waals surface area (Å²) >= 11 is 0. The minimum Gasteiger partial charge on any atom is -0.481 e. The van der Waals surface area contributed by atoms with Crippen molar-refractivity contribution in [3.8, 4) is 0 Å². The van der Waals surface area contributed by atoms with E-state index in [9.17, 15) is 19.7 Å². The molecule has 0 fully saturated rings. The van der Waals surface area contributed by atoms with Gasteiger partial charge in [0.05, 0.1) is 10.3 Å². The Bertz CT molecular complexity index is 539. The fraction of sp³-hybridized carbons (Fsp3) is 0.385. The van der Waals surface area contributed by atoms with Crippen molar-refractivity contribution in [3.05, 3.63) is 39.9 Å². The number of carboxylic acids is 1. The molecule has 0 unspecified atom stereocenters. The number of nitrogens with zero attached hydrogens (tertiary/aromatic N) is 1. The van der Waals surface area contributed by atoms with Crippen LogP contribution in [0.15, 0.2) is 24.3 Å². The van der Waals surface area contributed by atoms with Gasteiger partial charge in [0.25, 0.3) is 5.69 Å². The quantitative estimate of drug-likeness (QED) is 0.542. The van der Waals surface area contributed by atoms with Gasteiger partial charge in [-0.2, -0.15) is 0 Å². The molecule has 0 saturated heterocycles. The number of amides is 2. The Morgan fingerprint density at radius 3 is 2.29 bits per heavy atom. The molecule has 0 aliphatic rings. The Morgan fingerprint density at radius 1 is 1.24 bits per heavy atom. The number of hydrogen-bond donors (Lipinski definition) is 3. The van der Waals surface area contributed by atoms with Gasteiger partial charge in [0.2, 0.25) is 0 Å². The third kappa shape index (κ3) is 5.09. The molecule has 0 aliphatic heterocycles. The minimum absolute atomic E-state index is 0.00553. The number of nitrogens with one attached hydrogen (secondary N) is 2. The number of non-ortho nitro benzene ring substituents is 1. The smallest absolute Gasteiger partial charge is 0.315 e. The van der Waals surface area contributed by atoms with Gasteiger partial charge in [0.15, 0.2) is 0 Å². The molecule has 114 valence electrons. The second kappa shape index (κ2) is 6.69. The fourth-order valence-electron chi connectivity index (χ4n) is 1.36. The number of carboxylic acid groups (broad SMARTS) is 1. The fourth-order valence-corrected chi connectivity index (χ4v) is 1.36. The van der Waals surface area contributed by atoms with Crippen LogP contribution in [-0.4, -0.2) is 28.6 Å². The molecule has 21 heavy (non-hydrogen) atoms. The molecule has 3 N–H and O–H groups in total. The maximum atomic E-state index is 11.5. The Kier molecular flexibility index (Phi) is 5.23. The highest BCUT2D eigenvalue weighted by atomic mass is 16.6. The average Bonchev–Trinajstić information content (AvgIpc) is 2.43. The summed E-state index contributed by atoms with van der Waals surface area (Å²) in [5.74, 6) is -1.00. The summed E-state index contributed by atoms with van der Waals surface area (Å²) in [6, 6.07) is 5.28. The van der Waals surface area contributed by atoms with E-state index in [0.29, 0.717) is 5.56 Å². The van der Waals surface area contributed by atoms with Crippen molar-refractivity contribution in [3.63, 3.8) is 0 Å². The van der Waals surface area contributed by atoms with Gasteiger partial charge in [-0.15, -0.1) is 0 Å². The van der Waals surface area contributed by atoms with E-state index < -0.39 is 22.3 Å². The molecule has 0 heterocycles. The number of benzene rings is 1. The third-order valence-corrected chi connectivity index (χ3v) is 2.87. The normalized spacial score (nSPS) is 10.8. The first kappa shape index (κ1) is 16.4. The molecule has 0 saturated carbocycles. The average molecular weight is 295 g/mol. The molecule has 0 aromatic heterocycles. The van der Waals surface area contributed by atoms with E-state index in [1.165, 1.54) is 26.0 Å². The Morgan fingerprint density at radius 2 is 1.81 bits per heavy atom. The number of aliphatic carboxylic acids is 1. The topological polar surface area (TPSA) is 122 Å². The lowest BCUT2D eigenvalue weighted by molar-refractivity contribution is -0.384. The lowest BCUT2D eigenvalue weighted by atomic mass is 9.94. The molecule has 8 heteroatoms. The predicted molar refractivity (Wildman–Crippen MR) is 74.8 cm³/mol. The summed E-state index contributed by atoms with van der Waals surface area (Å²) in [6.45, 7) is 3.20. The number of rotatable bonds is 6. The number of hydrogen-bond acceptors (Lipinski definition) is 4. The van der Waals surface area contributed by atoms with Crippen molar-refractivity contribution in [1.82, 2.24) is 10.6 Å². The van der Waals surface area contributed by atoms with Crippen LogP contribution in [0.1, 0.15) is 19.4 Å². The van der Waals surface area contributed by atoms with E-state index in [2.05, 4.69) is 10.6 Å². The SMILES string of the molecule is CC(C)(CNC(=O)NCc1ccc([N+](=O)[O-])cc1)C(=O)O. The monoisotopic (exact) mass is 295 g/mol. The number of carbonyl (C=O) groups is 2. The van der Waals surface area contributed by atoms with Gasteiger partial charge in [-0.3, -0.25) is 14.9 Å². The maximum Gasteiger partial charge on any atom is 0.315 e. The molecule has 8 nitrogen and oxygen atoms in total. The van der Waals surface area contributed by atoms with Crippen molar-refractivity contribution in [2.75, 3.05) is 6.54 Å². The summed E-state index contributed by atoms with van der Waals surface area (Å²) in [5.41, 5.74) is -0.371. The summed E-state index contributed by atoms with van der Waals surface area (Å²) < 4.78 is 0. The standard InChI is InChI=1S/C13H17N3O5/c1-13(2,11(17)18)8-15-12(19)14-7-9-3-5-10(6-4-9)16(20)21/h3-6H,7-8H2,1-2H3,(H,17,18)(H2,14,15,19). The predicted octanol–water partition coefficient (Wildman–Crippen LogP) is 1.50. The van der Waals surface area contributed by atoms with E-state index in [4.69, 9.17) is 5.11 Å². The van der Waals surface area contributed by atoms with E-state index in [0.717, 1.165) is 0 Å². The van der Waals surface area contributed by atoms with Crippen molar-refractivity contribution in [1.29, 1.82) is 0 Å². The third-order valence-electron chi connectivity index (χ3n) is 2.87. The van der Waals surface area contributed by atoms with Crippen LogP contribution < -0.4 is 10.6 Å². The maximum absolute atomic E-state index is 11.5. The molecule has 0 spiro atoms. The van der Waals surface area contributed by atoms with E-state index in [-0.39, 0.29) is 18.8 Å². The number of nitro benzene ring substituents is 1. The van der Waals surface area contributed by atoms with Gasteiger partial charge in [0.1, 0.15) is 0 Å². The zero-order valence-corrected chi connectivity index (χ0v) is 11.8. The molecular weight excluding hydrogens is 278 g/mol. The minimum atomic E-state index is -1.05. The lowest BCUT2D eigenvalue weighted by Crippen LogP contribution is -2.43. The molecule has 1 rings (SSSR count). The van der Waals surface area contributed by atoms with Crippen LogP contribution in [0, 0.1) is 15.5 Å². The van der Waals surface area contributed by atoms with Gasteiger partial charge in [-0.25, -0.2) is 4.79 Å². The zero-order chi connectivity index (χ0) is 16.0. The number of nitro groups is 1. The second-order valence-electron chi connectivity index (χ2n) is 5.15. The van der Waals surface area contributed by atoms with Gasteiger partial charge in [-0.05, 0) is 19.4 Å². The van der Waals surface area contributed by atoms with Gasteiger partial charge in [0, 0.05) is 25.2 Å². The van der Waals surface area contributed by atoms with Gasteiger partial charge < -0.3 is 15.7 Å². The first-order chi connectivity index (χ1) is 9.72. The Labute approximate surface area is 121 Å². The van der Waals surface area contributed by atoms with Crippen molar-refractivity contribution < 1.29 is 19.6 Å². The Balaban J connectivity index is 2.43. The van der Waals surface area contributed by atoms with Gasteiger partial charge >= 0.3 is 12.0 Å². The highest BCUT2D eigenvalue weighted by Crippen LogP contribution is 2.13. The highest BCUT2D eigenvalue weighted by Gasteiger charge is 2.27. The second-order valence-corrected chi connectivity index (χ2v) is 5.15. The summed E-state index contributed by atoms with van der Waals surface area (Å²) in [7, 11) is 0. The molecule has 1 aromatic carbocycles. The van der Waals surface area contributed by atoms with E-state index >= 15 is 0 Å². The molecule has 0 atom stereocenters.